The number of aliphatic hydroxyl groups excluding tert-OH is 1. The average molecular weight is 282 g/mol. The molecule has 118 valence electrons. The lowest BCUT2D eigenvalue weighted by atomic mass is 9.69. The van der Waals surface area contributed by atoms with Crippen molar-refractivity contribution in [3.63, 3.8) is 0 Å². The van der Waals surface area contributed by atoms with E-state index in [1.165, 1.54) is 32.2 Å². The van der Waals surface area contributed by atoms with E-state index in [4.69, 9.17) is 0 Å². The van der Waals surface area contributed by atoms with Gasteiger partial charge in [0.2, 0.25) is 0 Å². The molecule has 2 atom stereocenters. The number of nitrogens with zero attached hydrogens (tertiary/aromatic N) is 1. The van der Waals surface area contributed by atoms with Crippen LogP contribution in [0, 0.1) is 11.3 Å². The van der Waals surface area contributed by atoms with E-state index in [9.17, 15) is 5.11 Å². The van der Waals surface area contributed by atoms with Gasteiger partial charge in [0.05, 0.1) is 6.10 Å². The van der Waals surface area contributed by atoms with Crippen molar-refractivity contribution in [2.75, 3.05) is 26.2 Å². The number of rotatable bonds is 5. The van der Waals surface area contributed by atoms with Gasteiger partial charge >= 0.3 is 0 Å². The number of nitrogens with one attached hydrogen (secondary N) is 1. The molecule has 2 unspecified atom stereocenters. The van der Waals surface area contributed by atoms with Gasteiger partial charge in [-0.1, -0.05) is 20.8 Å². The number of likely N-dealkylation sites (tertiary alicyclic amines) is 1. The normalized spacial score (nSPS) is 32.4. The largest absolute Gasteiger partial charge is 0.393 e. The van der Waals surface area contributed by atoms with Gasteiger partial charge in [-0.15, -0.1) is 0 Å². The zero-order valence-electron chi connectivity index (χ0n) is 13.7. The Bertz CT molecular complexity index is 285. The fraction of sp³-hybridized carbons (Fsp3) is 1.00. The Balaban J connectivity index is 1.89. The van der Waals surface area contributed by atoms with Crippen molar-refractivity contribution < 1.29 is 5.11 Å². The molecule has 1 heterocycles. The fourth-order valence-corrected chi connectivity index (χ4v) is 3.96. The molecule has 1 saturated carbocycles. The van der Waals surface area contributed by atoms with E-state index in [1.807, 2.05) is 0 Å². The van der Waals surface area contributed by atoms with Gasteiger partial charge in [0.1, 0.15) is 0 Å². The first kappa shape index (κ1) is 16.3. The van der Waals surface area contributed by atoms with Crippen molar-refractivity contribution in [1.82, 2.24) is 10.2 Å². The highest BCUT2D eigenvalue weighted by atomic mass is 16.3. The highest BCUT2D eigenvalue weighted by molar-refractivity contribution is 4.90. The van der Waals surface area contributed by atoms with Crippen LogP contribution in [-0.2, 0) is 0 Å². The Hall–Kier alpha value is -0.120. The minimum Gasteiger partial charge on any atom is -0.393 e. The molecule has 0 aromatic rings. The van der Waals surface area contributed by atoms with Gasteiger partial charge in [-0.05, 0) is 56.4 Å². The molecule has 0 spiro atoms. The Labute approximate surface area is 125 Å². The Kier molecular flexibility index (Phi) is 5.88. The molecule has 20 heavy (non-hydrogen) atoms. The van der Waals surface area contributed by atoms with E-state index in [2.05, 4.69) is 31.0 Å². The minimum atomic E-state index is -0.0527. The zero-order valence-corrected chi connectivity index (χ0v) is 13.7. The fourth-order valence-electron chi connectivity index (χ4n) is 3.96. The van der Waals surface area contributed by atoms with E-state index in [1.54, 1.807) is 0 Å². The summed E-state index contributed by atoms with van der Waals surface area (Å²) in [5.41, 5.74) is 0.504. The molecule has 1 aliphatic carbocycles. The lowest BCUT2D eigenvalue weighted by molar-refractivity contribution is 0.0510. The maximum Gasteiger partial charge on any atom is 0.0564 e. The van der Waals surface area contributed by atoms with Crippen LogP contribution in [0.2, 0.25) is 0 Å². The quantitative estimate of drug-likeness (QED) is 0.814. The predicted octanol–water partition coefficient (Wildman–Crippen LogP) is 2.64. The third-order valence-corrected chi connectivity index (χ3v) is 5.22. The van der Waals surface area contributed by atoms with E-state index >= 15 is 0 Å². The molecule has 3 nitrogen and oxygen atoms in total. The summed E-state index contributed by atoms with van der Waals surface area (Å²) in [7, 11) is 0. The molecule has 0 amide bonds. The van der Waals surface area contributed by atoms with Crippen molar-refractivity contribution in [3.05, 3.63) is 0 Å². The van der Waals surface area contributed by atoms with Gasteiger partial charge in [0.25, 0.3) is 0 Å². The SMILES string of the molecule is CCCNC1CCC(C)(C)CC1CN1CCC(O)CC1. The summed E-state index contributed by atoms with van der Waals surface area (Å²) in [6.45, 7) is 11.6. The van der Waals surface area contributed by atoms with Gasteiger partial charge in [-0.2, -0.15) is 0 Å². The smallest absolute Gasteiger partial charge is 0.0564 e. The van der Waals surface area contributed by atoms with Crippen LogP contribution in [-0.4, -0.2) is 48.3 Å². The summed E-state index contributed by atoms with van der Waals surface area (Å²) < 4.78 is 0. The topological polar surface area (TPSA) is 35.5 Å². The maximum atomic E-state index is 9.65. The van der Waals surface area contributed by atoms with Gasteiger partial charge < -0.3 is 15.3 Å². The van der Waals surface area contributed by atoms with Crippen LogP contribution in [0.5, 0.6) is 0 Å². The van der Waals surface area contributed by atoms with Crippen LogP contribution < -0.4 is 5.32 Å². The standard InChI is InChI=1S/C17H34N2O/c1-4-9-18-16-5-8-17(2,3)12-14(16)13-19-10-6-15(20)7-11-19/h14-16,18,20H,4-13H2,1-3H3. The van der Waals surface area contributed by atoms with Crippen molar-refractivity contribution in [3.8, 4) is 0 Å². The van der Waals surface area contributed by atoms with Gasteiger partial charge in [0.15, 0.2) is 0 Å². The van der Waals surface area contributed by atoms with Crippen LogP contribution in [0.25, 0.3) is 0 Å². The molecule has 0 bridgehead atoms. The van der Waals surface area contributed by atoms with Crippen LogP contribution in [0.3, 0.4) is 0 Å². The number of hydrogen-bond acceptors (Lipinski definition) is 3. The van der Waals surface area contributed by atoms with Crippen molar-refractivity contribution in [1.29, 1.82) is 0 Å². The van der Waals surface area contributed by atoms with Crippen LogP contribution in [0.4, 0.5) is 0 Å². The number of hydrogen-bond donors (Lipinski definition) is 2. The van der Waals surface area contributed by atoms with E-state index in [-0.39, 0.29) is 6.10 Å². The lowest BCUT2D eigenvalue weighted by Crippen LogP contribution is -2.49. The van der Waals surface area contributed by atoms with Crippen LogP contribution in [0.15, 0.2) is 0 Å². The highest BCUT2D eigenvalue weighted by Crippen LogP contribution is 2.39. The maximum absolute atomic E-state index is 9.65. The second-order valence-electron chi connectivity index (χ2n) is 7.76. The van der Waals surface area contributed by atoms with Crippen LogP contribution >= 0.6 is 0 Å². The first-order valence-electron chi connectivity index (χ1n) is 8.64. The molecule has 2 rings (SSSR count). The second-order valence-corrected chi connectivity index (χ2v) is 7.76. The molecular weight excluding hydrogens is 248 g/mol. The van der Waals surface area contributed by atoms with E-state index in [0.29, 0.717) is 11.5 Å². The van der Waals surface area contributed by atoms with E-state index in [0.717, 1.165) is 38.4 Å². The Morgan fingerprint density at radius 3 is 2.55 bits per heavy atom. The molecule has 0 aromatic carbocycles. The third-order valence-electron chi connectivity index (χ3n) is 5.22. The molecule has 2 N–H and O–H groups in total. The molecule has 2 fully saturated rings. The third kappa shape index (κ3) is 4.71. The molecular formula is C17H34N2O. The van der Waals surface area contributed by atoms with Gasteiger partial charge in [-0.3, -0.25) is 0 Å². The average Bonchev–Trinajstić information content (AvgIpc) is 2.40. The van der Waals surface area contributed by atoms with Gasteiger partial charge in [0, 0.05) is 25.7 Å². The first-order valence-corrected chi connectivity index (χ1v) is 8.64. The minimum absolute atomic E-state index is 0.0527. The summed E-state index contributed by atoms with van der Waals surface area (Å²) in [6, 6.07) is 0.704. The van der Waals surface area contributed by atoms with E-state index < -0.39 is 0 Å². The summed E-state index contributed by atoms with van der Waals surface area (Å²) in [4.78, 5) is 2.58. The molecule has 1 aliphatic heterocycles. The lowest BCUT2D eigenvalue weighted by Gasteiger charge is -2.44. The molecule has 0 aromatic heterocycles. The summed E-state index contributed by atoms with van der Waals surface area (Å²) in [5, 5.41) is 13.4. The van der Waals surface area contributed by atoms with Gasteiger partial charge in [-0.25, -0.2) is 0 Å². The van der Waals surface area contributed by atoms with Crippen LogP contribution in [0.1, 0.15) is 59.3 Å². The number of aliphatic hydroxyl groups is 1. The summed E-state index contributed by atoms with van der Waals surface area (Å²) in [6.07, 6.45) is 7.11. The summed E-state index contributed by atoms with van der Waals surface area (Å²) in [5.74, 6) is 0.778. The monoisotopic (exact) mass is 282 g/mol. The number of piperidine rings is 1. The first-order chi connectivity index (χ1) is 9.50. The molecule has 2 aliphatic rings. The highest BCUT2D eigenvalue weighted by Gasteiger charge is 2.35. The summed E-state index contributed by atoms with van der Waals surface area (Å²) >= 11 is 0. The molecule has 0 radical (unpaired) electrons. The Morgan fingerprint density at radius 2 is 1.90 bits per heavy atom. The van der Waals surface area contributed by atoms with Crippen molar-refractivity contribution in [2.45, 2.75) is 71.4 Å². The second kappa shape index (κ2) is 7.24. The Morgan fingerprint density at radius 1 is 1.20 bits per heavy atom. The molecule has 3 heteroatoms. The molecule has 1 saturated heterocycles. The predicted molar refractivity (Wildman–Crippen MR) is 84.9 cm³/mol. The van der Waals surface area contributed by atoms with Crippen molar-refractivity contribution >= 4 is 0 Å². The zero-order chi connectivity index (χ0) is 14.6. The van der Waals surface area contributed by atoms with Crippen molar-refractivity contribution in [2.24, 2.45) is 11.3 Å².